The van der Waals surface area contributed by atoms with Crippen molar-refractivity contribution in [1.29, 1.82) is 0 Å². The van der Waals surface area contributed by atoms with Gasteiger partial charge in [0.2, 0.25) is 0 Å². The van der Waals surface area contributed by atoms with E-state index in [4.69, 9.17) is 0 Å². The summed E-state index contributed by atoms with van der Waals surface area (Å²) < 4.78 is 1.18. The number of carbonyl (C=O) groups excluding carboxylic acids is 2. The van der Waals surface area contributed by atoms with E-state index in [0.29, 0.717) is 18.5 Å². The minimum atomic E-state index is -0.845. The van der Waals surface area contributed by atoms with E-state index in [1.807, 2.05) is 5.51 Å². The standard InChI is InChI=1S/C20H20N6O2S/c1-13(14-2-3-17-16(8-14)23-12-29-17)25-6-4-20(5-7-25)18(27)26(19(28)24-20)15-9-21-11-22-10-15/h2-3,8-13H,4-7H2,1H3,(H,24,28)/t13-/m0/s1. The van der Waals surface area contributed by atoms with E-state index >= 15 is 0 Å². The van der Waals surface area contributed by atoms with Crippen molar-refractivity contribution in [3.8, 4) is 0 Å². The Morgan fingerprint density at radius 2 is 1.93 bits per heavy atom. The fourth-order valence-corrected chi connectivity index (χ4v) is 4.90. The Hall–Kier alpha value is -2.91. The van der Waals surface area contributed by atoms with Crippen LogP contribution in [0.4, 0.5) is 10.5 Å². The molecule has 0 saturated carbocycles. The van der Waals surface area contributed by atoms with Crippen LogP contribution in [0.2, 0.25) is 0 Å². The third kappa shape index (κ3) is 2.97. The SMILES string of the molecule is C[C@@H](c1ccc2scnc2c1)N1CCC2(CC1)NC(=O)N(c1cncnc1)C2=O. The third-order valence-electron chi connectivity index (χ3n) is 6.00. The highest BCUT2D eigenvalue weighted by molar-refractivity contribution is 7.16. The van der Waals surface area contributed by atoms with Gasteiger partial charge in [-0.25, -0.2) is 24.6 Å². The lowest BCUT2D eigenvalue weighted by Gasteiger charge is -2.40. The average molecular weight is 408 g/mol. The molecule has 9 heteroatoms. The first-order valence-electron chi connectivity index (χ1n) is 9.56. The quantitative estimate of drug-likeness (QED) is 0.670. The van der Waals surface area contributed by atoms with E-state index in [1.165, 1.54) is 29.0 Å². The Bertz CT molecular complexity index is 1080. The maximum Gasteiger partial charge on any atom is 0.329 e. The van der Waals surface area contributed by atoms with Gasteiger partial charge in [-0.3, -0.25) is 9.69 Å². The summed E-state index contributed by atoms with van der Waals surface area (Å²) in [6.45, 7) is 3.62. The lowest BCUT2D eigenvalue weighted by atomic mass is 9.86. The zero-order chi connectivity index (χ0) is 20.0. The summed E-state index contributed by atoms with van der Waals surface area (Å²) in [5.74, 6) is -0.214. The Morgan fingerprint density at radius 3 is 2.69 bits per heavy atom. The van der Waals surface area contributed by atoms with Gasteiger partial charge in [-0.15, -0.1) is 11.3 Å². The number of amides is 3. The second kappa shape index (κ2) is 6.85. The molecule has 0 bridgehead atoms. The highest BCUT2D eigenvalue weighted by Crippen LogP contribution is 2.35. The number of rotatable bonds is 3. The summed E-state index contributed by atoms with van der Waals surface area (Å²) in [5.41, 5.74) is 3.65. The van der Waals surface area contributed by atoms with Crippen LogP contribution in [-0.2, 0) is 4.79 Å². The maximum absolute atomic E-state index is 13.1. The number of anilines is 1. The van der Waals surface area contributed by atoms with Crippen LogP contribution in [0.15, 0.2) is 42.4 Å². The first-order chi connectivity index (χ1) is 14.1. The first kappa shape index (κ1) is 18.1. The molecule has 4 heterocycles. The van der Waals surface area contributed by atoms with E-state index in [2.05, 4.69) is 50.3 Å². The number of benzene rings is 1. The number of hydrogen-bond donors (Lipinski definition) is 1. The van der Waals surface area contributed by atoms with Crippen molar-refractivity contribution in [2.45, 2.75) is 31.3 Å². The zero-order valence-corrected chi connectivity index (χ0v) is 16.7. The van der Waals surface area contributed by atoms with Gasteiger partial charge in [0.25, 0.3) is 5.91 Å². The molecule has 29 heavy (non-hydrogen) atoms. The minimum Gasteiger partial charge on any atom is -0.323 e. The summed E-state index contributed by atoms with van der Waals surface area (Å²) in [4.78, 5) is 41.4. The number of aromatic nitrogens is 3. The zero-order valence-electron chi connectivity index (χ0n) is 15.9. The van der Waals surface area contributed by atoms with Crippen molar-refractivity contribution in [3.05, 3.63) is 48.0 Å². The minimum absolute atomic E-state index is 0.212. The van der Waals surface area contributed by atoms with Crippen LogP contribution in [-0.4, -0.2) is 50.4 Å². The molecule has 3 amide bonds. The predicted molar refractivity (Wildman–Crippen MR) is 110 cm³/mol. The fraction of sp³-hybridized carbons (Fsp3) is 0.350. The number of nitrogens with one attached hydrogen (secondary N) is 1. The molecule has 148 valence electrons. The topological polar surface area (TPSA) is 91.3 Å². The molecule has 2 fully saturated rings. The van der Waals surface area contributed by atoms with Crippen molar-refractivity contribution < 1.29 is 9.59 Å². The molecule has 3 aromatic rings. The summed E-state index contributed by atoms with van der Waals surface area (Å²) >= 11 is 1.64. The second-order valence-corrected chi connectivity index (χ2v) is 8.43. The Morgan fingerprint density at radius 1 is 1.17 bits per heavy atom. The molecule has 2 aromatic heterocycles. The molecule has 2 aliphatic heterocycles. The second-order valence-electron chi connectivity index (χ2n) is 7.54. The molecular weight excluding hydrogens is 388 g/mol. The number of thiazole rings is 1. The van der Waals surface area contributed by atoms with Gasteiger partial charge in [-0.05, 0) is 37.5 Å². The number of fused-ring (bicyclic) bond motifs is 1. The normalized spacial score (nSPS) is 20.4. The Balaban J connectivity index is 1.32. The fourth-order valence-electron chi connectivity index (χ4n) is 4.24. The summed E-state index contributed by atoms with van der Waals surface area (Å²) in [5, 5.41) is 2.93. The van der Waals surface area contributed by atoms with Crippen molar-refractivity contribution in [1.82, 2.24) is 25.2 Å². The lowest BCUT2D eigenvalue weighted by Crippen LogP contribution is -2.55. The number of nitrogens with zero attached hydrogens (tertiary/aromatic N) is 5. The van der Waals surface area contributed by atoms with Gasteiger partial charge in [0.05, 0.1) is 33.8 Å². The van der Waals surface area contributed by atoms with Crippen LogP contribution >= 0.6 is 11.3 Å². The van der Waals surface area contributed by atoms with Gasteiger partial charge in [0.15, 0.2) is 0 Å². The number of likely N-dealkylation sites (tertiary alicyclic amines) is 1. The molecular formula is C20H20N6O2S. The van der Waals surface area contributed by atoms with E-state index in [9.17, 15) is 9.59 Å². The number of imide groups is 1. The highest BCUT2D eigenvalue weighted by atomic mass is 32.1. The Kier molecular flexibility index (Phi) is 4.29. The molecule has 1 N–H and O–H groups in total. The molecule has 1 aromatic carbocycles. The van der Waals surface area contributed by atoms with Crippen LogP contribution < -0.4 is 10.2 Å². The number of urea groups is 1. The molecule has 0 radical (unpaired) electrons. The third-order valence-corrected chi connectivity index (χ3v) is 6.81. The maximum atomic E-state index is 13.1. The van der Waals surface area contributed by atoms with E-state index < -0.39 is 11.6 Å². The van der Waals surface area contributed by atoms with Crippen LogP contribution in [0.5, 0.6) is 0 Å². The van der Waals surface area contributed by atoms with Crippen molar-refractivity contribution >= 4 is 39.2 Å². The summed E-state index contributed by atoms with van der Waals surface area (Å²) in [6.07, 6.45) is 5.49. The Labute approximate surface area is 171 Å². The van der Waals surface area contributed by atoms with Crippen LogP contribution in [0.1, 0.15) is 31.4 Å². The predicted octanol–water partition coefficient (Wildman–Crippen LogP) is 2.74. The summed E-state index contributed by atoms with van der Waals surface area (Å²) in [6, 6.07) is 6.21. The van der Waals surface area contributed by atoms with Gasteiger partial charge in [0, 0.05) is 19.1 Å². The monoisotopic (exact) mass is 408 g/mol. The number of carbonyl (C=O) groups is 2. The molecule has 8 nitrogen and oxygen atoms in total. The number of piperidine rings is 1. The number of hydrogen-bond acceptors (Lipinski definition) is 7. The molecule has 5 rings (SSSR count). The first-order valence-corrected chi connectivity index (χ1v) is 10.4. The molecule has 0 unspecified atom stereocenters. The van der Waals surface area contributed by atoms with Crippen molar-refractivity contribution in [3.63, 3.8) is 0 Å². The highest BCUT2D eigenvalue weighted by Gasteiger charge is 2.53. The molecule has 1 atom stereocenters. The molecule has 1 spiro atoms. The van der Waals surface area contributed by atoms with Crippen LogP contribution in [0, 0.1) is 0 Å². The van der Waals surface area contributed by atoms with Crippen molar-refractivity contribution in [2.75, 3.05) is 18.0 Å². The lowest BCUT2D eigenvalue weighted by molar-refractivity contribution is -0.124. The average Bonchev–Trinajstić information content (AvgIpc) is 3.31. The van der Waals surface area contributed by atoms with E-state index in [0.717, 1.165) is 23.5 Å². The van der Waals surface area contributed by atoms with Crippen LogP contribution in [0.25, 0.3) is 10.2 Å². The molecule has 2 saturated heterocycles. The van der Waals surface area contributed by atoms with Gasteiger partial charge < -0.3 is 5.32 Å². The molecule has 2 aliphatic rings. The van der Waals surface area contributed by atoms with Crippen molar-refractivity contribution in [2.24, 2.45) is 0 Å². The van der Waals surface area contributed by atoms with E-state index in [-0.39, 0.29) is 11.9 Å². The van der Waals surface area contributed by atoms with Gasteiger partial charge in [-0.1, -0.05) is 6.07 Å². The van der Waals surface area contributed by atoms with Crippen LogP contribution in [0.3, 0.4) is 0 Å². The molecule has 0 aliphatic carbocycles. The van der Waals surface area contributed by atoms with Gasteiger partial charge in [-0.2, -0.15) is 0 Å². The van der Waals surface area contributed by atoms with E-state index in [1.54, 1.807) is 11.3 Å². The van der Waals surface area contributed by atoms with Gasteiger partial charge in [0.1, 0.15) is 11.9 Å². The van der Waals surface area contributed by atoms with Gasteiger partial charge >= 0.3 is 6.03 Å². The summed E-state index contributed by atoms with van der Waals surface area (Å²) in [7, 11) is 0. The smallest absolute Gasteiger partial charge is 0.323 e. The largest absolute Gasteiger partial charge is 0.329 e.